The molecule has 3 heterocycles. The number of alkyl halides is 3. The standard InChI is InChI=1S/C53H61F3N8O4S/c1-38-52(39(2)68-60-38)42-21-23-46-49(32-42)63(37-59-46)34-40-16-13-19-44(30-40)67-35-51(65)58-25-11-7-6-8-12-27-61(3)28-15-29-62(4)69-45-22-24-47(50(33-45)66-5)57-26-14-18-43-31-41-17-9-10-20-48(41)64(43)36-53(54,55)56/h9-10,13,16-17,19-24,30-33,37,57H,6-8,11-12,15,25-29,34-36H2,1-5H3,(H,58,65). The molecule has 0 saturated heterocycles. The maximum Gasteiger partial charge on any atom is 0.406 e. The predicted molar refractivity (Wildman–Crippen MR) is 269 cm³/mol. The van der Waals surface area contributed by atoms with Crippen LogP contribution in [-0.2, 0) is 17.9 Å². The summed E-state index contributed by atoms with van der Waals surface area (Å²) >= 11 is 1.65. The molecule has 3 aromatic heterocycles. The van der Waals surface area contributed by atoms with Gasteiger partial charge < -0.3 is 38.7 Å². The minimum Gasteiger partial charge on any atom is -0.495 e. The molecule has 364 valence electrons. The first-order chi connectivity index (χ1) is 33.3. The second-order valence-electron chi connectivity index (χ2n) is 17.2. The summed E-state index contributed by atoms with van der Waals surface area (Å²) in [5, 5.41) is 11.1. The maximum atomic E-state index is 13.3. The zero-order chi connectivity index (χ0) is 48.8. The van der Waals surface area contributed by atoms with Crippen molar-refractivity contribution in [3.8, 4) is 34.5 Å². The second kappa shape index (κ2) is 24.2. The molecule has 0 unspecified atom stereocenters. The lowest BCUT2D eigenvalue weighted by atomic mass is 10.0. The molecular weight excluding hydrogens is 902 g/mol. The van der Waals surface area contributed by atoms with Crippen LogP contribution < -0.4 is 20.1 Å². The number of benzene rings is 4. The van der Waals surface area contributed by atoms with Crippen LogP contribution in [0.1, 0.15) is 61.2 Å². The van der Waals surface area contributed by atoms with Gasteiger partial charge in [0.1, 0.15) is 23.8 Å². The summed E-state index contributed by atoms with van der Waals surface area (Å²) in [6, 6.07) is 28.6. The van der Waals surface area contributed by atoms with Crippen LogP contribution in [0.2, 0.25) is 0 Å². The van der Waals surface area contributed by atoms with E-state index >= 15 is 0 Å². The molecule has 7 rings (SSSR count). The number of methoxy groups -OCH3 is 1. The third-order valence-corrected chi connectivity index (χ3v) is 12.7. The van der Waals surface area contributed by atoms with Gasteiger partial charge in [-0.15, -0.1) is 0 Å². The molecule has 0 spiro atoms. The largest absolute Gasteiger partial charge is 0.495 e. The fraction of sp³-hybridized carbons (Fsp3) is 0.377. The Morgan fingerprint density at radius 3 is 2.51 bits per heavy atom. The molecule has 1 amide bonds. The number of fused-ring (bicyclic) bond motifs is 2. The molecule has 0 saturated carbocycles. The first kappa shape index (κ1) is 50.5. The van der Waals surface area contributed by atoms with E-state index in [0.29, 0.717) is 35.8 Å². The van der Waals surface area contributed by atoms with Crippen molar-refractivity contribution in [3.63, 3.8) is 0 Å². The summed E-state index contributed by atoms with van der Waals surface area (Å²) in [6.07, 6.45) is 3.92. The van der Waals surface area contributed by atoms with Gasteiger partial charge in [-0.2, -0.15) is 13.2 Å². The topological polar surface area (TPSA) is 115 Å². The van der Waals surface area contributed by atoms with Crippen LogP contribution in [0.3, 0.4) is 0 Å². The zero-order valence-electron chi connectivity index (χ0n) is 40.0. The molecule has 0 atom stereocenters. The van der Waals surface area contributed by atoms with Crippen molar-refractivity contribution >= 4 is 45.5 Å². The number of rotatable bonds is 24. The van der Waals surface area contributed by atoms with Gasteiger partial charge >= 0.3 is 6.18 Å². The number of hydrogen-bond donors (Lipinski definition) is 2. The smallest absolute Gasteiger partial charge is 0.406 e. The number of nitrogens with one attached hydrogen (secondary N) is 2. The van der Waals surface area contributed by atoms with E-state index in [4.69, 9.17) is 14.0 Å². The third kappa shape index (κ3) is 14.6. The van der Waals surface area contributed by atoms with Gasteiger partial charge in [0.25, 0.3) is 5.91 Å². The Kier molecular flexibility index (Phi) is 17.7. The summed E-state index contributed by atoms with van der Waals surface area (Å²) < 4.78 is 62.4. The number of para-hydroxylation sites is 1. The summed E-state index contributed by atoms with van der Waals surface area (Å²) in [5.41, 5.74) is 7.43. The first-order valence-electron chi connectivity index (χ1n) is 23.3. The van der Waals surface area contributed by atoms with Crippen LogP contribution in [0.25, 0.3) is 33.1 Å². The van der Waals surface area contributed by atoms with Crippen LogP contribution in [0, 0.1) is 25.7 Å². The van der Waals surface area contributed by atoms with E-state index < -0.39 is 12.7 Å². The molecule has 0 bridgehead atoms. The van der Waals surface area contributed by atoms with Gasteiger partial charge in [0.2, 0.25) is 0 Å². The van der Waals surface area contributed by atoms with Crippen LogP contribution in [0.4, 0.5) is 18.9 Å². The summed E-state index contributed by atoms with van der Waals surface area (Å²) in [7, 11) is 5.86. The van der Waals surface area contributed by atoms with Crippen molar-refractivity contribution in [2.45, 2.75) is 76.5 Å². The summed E-state index contributed by atoms with van der Waals surface area (Å²) in [6.45, 7) is 7.17. The Labute approximate surface area is 406 Å². The van der Waals surface area contributed by atoms with Crippen LogP contribution in [0.15, 0.2) is 107 Å². The highest BCUT2D eigenvalue weighted by molar-refractivity contribution is 7.97. The molecule has 0 aliphatic rings. The minimum absolute atomic E-state index is 0.0325. The lowest BCUT2D eigenvalue weighted by molar-refractivity contribution is -0.140. The molecule has 0 aliphatic heterocycles. The second-order valence-corrected chi connectivity index (χ2v) is 18.5. The Balaban J connectivity index is 0.726. The fourth-order valence-electron chi connectivity index (χ4n) is 8.34. The third-order valence-electron chi connectivity index (χ3n) is 11.8. The fourth-order valence-corrected chi connectivity index (χ4v) is 9.21. The van der Waals surface area contributed by atoms with Crippen molar-refractivity contribution in [1.82, 2.24) is 33.8 Å². The Hall–Kier alpha value is -6.41. The van der Waals surface area contributed by atoms with E-state index in [1.165, 1.54) is 4.57 Å². The van der Waals surface area contributed by atoms with Gasteiger partial charge in [-0.25, -0.2) is 9.29 Å². The number of halogens is 3. The molecule has 0 fully saturated rings. The number of imidazole rings is 1. The van der Waals surface area contributed by atoms with E-state index in [0.717, 1.165) is 113 Å². The number of amides is 1. The predicted octanol–water partition coefficient (Wildman–Crippen LogP) is 10.8. The Morgan fingerprint density at radius 1 is 0.884 bits per heavy atom. The van der Waals surface area contributed by atoms with Gasteiger partial charge in [0.05, 0.1) is 48.1 Å². The number of anilines is 1. The van der Waals surface area contributed by atoms with Gasteiger partial charge in [-0.3, -0.25) is 4.79 Å². The number of ether oxygens (including phenoxy) is 2. The maximum absolute atomic E-state index is 13.3. The number of carbonyl (C=O) groups is 1. The lowest BCUT2D eigenvalue weighted by Crippen LogP contribution is -2.29. The molecule has 0 radical (unpaired) electrons. The minimum atomic E-state index is -4.36. The molecule has 16 heteroatoms. The van der Waals surface area contributed by atoms with Gasteiger partial charge in [-0.05, 0) is 144 Å². The van der Waals surface area contributed by atoms with Crippen molar-refractivity contribution in [3.05, 3.63) is 120 Å². The zero-order valence-corrected chi connectivity index (χ0v) is 40.8. The van der Waals surface area contributed by atoms with E-state index in [1.54, 1.807) is 49.4 Å². The first-order valence-corrected chi connectivity index (χ1v) is 24.1. The lowest BCUT2D eigenvalue weighted by Gasteiger charge is -2.20. The van der Waals surface area contributed by atoms with E-state index in [-0.39, 0.29) is 19.1 Å². The highest BCUT2D eigenvalue weighted by Crippen LogP contribution is 2.33. The molecule has 12 nitrogen and oxygen atoms in total. The van der Waals surface area contributed by atoms with Crippen LogP contribution >= 0.6 is 11.9 Å². The summed E-state index contributed by atoms with van der Waals surface area (Å²) in [5.74, 6) is 7.87. The highest BCUT2D eigenvalue weighted by atomic mass is 32.2. The average molecular weight is 963 g/mol. The molecule has 4 aromatic carbocycles. The molecule has 0 aliphatic carbocycles. The summed E-state index contributed by atoms with van der Waals surface area (Å²) in [4.78, 5) is 20.6. The SMILES string of the molecule is COc1cc(SN(C)CCCN(C)CCCCCCCNC(=O)COc2cccc(Cn3cnc4ccc(-c5c(C)noc5C)cc43)c2)ccc1NCC#Cc1cc2ccccc2n1CC(F)(F)F. The number of aromatic nitrogens is 4. The normalized spacial score (nSPS) is 11.7. The molecule has 69 heavy (non-hydrogen) atoms. The number of unbranched alkanes of at least 4 members (excludes halogenated alkanes) is 4. The van der Waals surface area contributed by atoms with Gasteiger partial charge in [0, 0.05) is 41.0 Å². The number of aryl methyl sites for hydroxylation is 2. The van der Waals surface area contributed by atoms with Crippen molar-refractivity contribution in [2.75, 3.05) is 65.9 Å². The van der Waals surface area contributed by atoms with E-state index in [9.17, 15) is 18.0 Å². The van der Waals surface area contributed by atoms with E-state index in [1.807, 2.05) is 74.8 Å². The van der Waals surface area contributed by atoms with Gasteiger partial charge in [-0.1, -0.05) is 66.7 Å². The van der Waals surface area contributed by atoms with E-state index in [2.05, 4.69) is 66.5 Å². The number of carbonyl (C=O) groups excluding carboxylic acids is 1. The quantitative estimate of drug-likeness (QED) is 0.0345. The molecule has 7 aromatic rings. The number of nitrogens with zero attached hydrogens (tertiary/aromatic N) is 6. The Bertz CT molecular complexity index is 2840. The molecule has 2 N–H and O–H groups in total. The van der Waals surface area contributed by atoms with Crippen LogP contribution in [-0.4, -0.2) is 101 Å². The highest BCUT2D eigenvalue weighted by Gasteiger charge is 2.29. The number of hydrogen-bond acceptors (Lipinski definition) is 10. The van der Waals surface area contributed by atoms with Crippen molar-refractivity contribution in [2.24, 2.45) is 0 Å². The van der Waals surface area contributed by atoms with Crippen molar-refractivity contribution in [1.29, 1.82) is 0 Å². The van der Waals surface area contributed by atoms with Crippen LogP contribution in [0.5, 0.6) is 11.5 Å². The monoisotopic (exact) mass is 962 g/mol. The van der Waals surface area contributed by atoms with Gasteiger partial charge in [0.15, 0.2) is 6.61 Å². The molecular formula is C53H61F3N8O4S. The van der Waals surface area contributed by atoms with Crippen molar-refractivity contribution < 1.29 is 32.0 Å². The average Bonchev–Trinajstić information content (AvgIpc) is 4.00. The Morgan fingerprint density at radius 2 is 1.70 bits per heavy atom.